The SMILES string of the molecule is C=CCCOc1ccc(C=CC(=O)O)cc1OC. The van der Waals surface area contributed by atoms with Gasteiger partial charge in [0.1, 0.15) is 0 Å². The second-order valence-corrected chi connectivity index (χ2v) is 3.51. The number of benzene rings is 1. The standard InChI is InChI=1S/C14H16O4/c1-3-4-9-18-12-7-5-11(6-8-14(15)16)10-13(12)17-2/h3,5-8,10H,1,4,9H2,2H3,(H,15,16). The third-order valence-electron chi connectivity index (χ3n) is 2.19. The van der Waals surface area contributed by atoms with E-state index in [4.69, 9.17) is 14.6 Å². The summed E-state index contributed by atoms with van der Waals surface area (Å²) in [7, 11) is 1.54. The zero-order valence-electron chi connectivity index (χ0n) is 10.3. The van der Waals surface area contributed by atoms with Gasteiger partial charge in [-0.25, -0.2) is 4.79 Å². The van der Waals surface area contributed by atoms with Gasteiger partial charge in [0.2, 0.25) is 0 Å². The zero-order valence-corrected chi connectivity index (χ0v) is 10.3. The summed E-state index contributed by atoms with van der Waals surface area (Å²) in [5.41, 5.74) is 0.741. The molecule has 0 heterocycles. The molecule has 18 heavy (non-hydrogen) atoms. The second kappa shape index (κ2) is 7.17. The number of aliphatic carboxylic acids is 1. The van der Waals surface area contributed by atoms with E-state index in [0.717, 1.165) is 18.1 Å². The Hall–Kier alpha value is -2.23. The van der Waals surface area contributed by atoms with Gasteiger partial charge >= 0.3 is 5.97 Å². The first-order valence-electron chi connectivity index (χ1n) is 5.50. The molecule has 0 bridgehead atoms. The molecular formula is C14H16O4. The Morgan fingerprint density at radius 3 is 2.83 bits per heavy atom. The highest BCUT2D eigenvalue weighted by Crippen LogP contribution is 2.28. The minimum Gasteiger partial charge on any atom is -0.493 e. The van der Waals surface area contributed by atoms with Crippen LogP contribution in [-0.2, 0) is 4.79 Å². The topological polar surface area (TPSA) is 55.8 Å². The molecule has 1 rings (SSSR count). The van der Waals surface area contributed by atoms with Gasteiger partial charge in [-0.2, -0.15) is 0 Å². The average molecular weight is 248 g/mol. The largest absolute Gasteiger partial charge is 0.493 e. The molecule has 0 unspecified atom stereocenters. The fraction of sp³-hybridized carbons (Fsp3) is 0.214. The molecule has 0 aliphatic rings. The Labute approximate surface area is 106 Å². The monoisotopic (exact) mass is 248 g/mol. The molecular weight excluding hydrogens is 232 g/mol. The van der Waals surface area contributed by atoms with E-state index >= 15 is 0 Å². The first-order chi connectivity index (χ1) is 8.67. The molecule has 1 aromatic carbocycles. The van der Waals surface area contributed by atoms with E-state index in [1.807, 2.05) is 0 Å². The number of methoxy groups -OCH3 is 1. The van der Waals surface area contributed by atoms with Crippen LogP contribution in [0.3, 0.4) is 0 Å². The smallest absolute Gasteiger partial charge is 0.328 e. The molecule has 4 heteroatoms. The third-order valence-corrected chi connectivity index (χ3v) is 2.19. The Morgan fingerprint density at radius 2 is 2.22 bits per heavy atom. The van der Waals surface area contributed by atoms with Gasteiger partial charge in [0.25, 0.3) is 0 Å². The van der Waals surface area contributed by atoms with Crippen molar-refractivity contribution in [3.63, 3.8) is 0 Å². The van der Waals surface area contributed by atoms with Gasteiger partial charge in [-0.1, -0.05) is 12.1 Å². The van der Waals surface area contributed by atoms with Crippen molar-refractivity contribution < 1.29 is 19.4 Å². The van der Waals surface area contributed by atoms with Gasteiger partial charge in [0, 0.05) is 6.08 Å². The van der Waals surface area contributed by atoms with Crippen LogP contribution in [0, 0.1) is 0 Å². The molecule has 0 atom stereocenters. The molecule has 0 spiro atoms. The Kier molecular flexibility index (Phi) is 5.51. The molecule has 0 saturated heterocycles. The zero-order chi connectivity index (χ0) is 13.4. The molecule has 0 radical (unpaired) electrons. The fourth-order valence-corrected chi connectivity index (χ4v) is 1.33. The summed E-state index contributed by atoms with van der Waals surface area (Å²) in [6.07, 6.45) is 5.10. The Morgan fingerprint density at radius 1 is 1.44 bits per heavy atom. The van der Waals surface area contributed by atoms with Crippen LogP contribution in [0.1, 0.15) is 12.0 Å². The molecule has 4 nitrogen and oxygen atoms in total. The molecule has 1 N–H and O–H groups in total. The summed E-state index contributed by atoms with van der Waals surface area (Å²) in [5.74, 6) is 0.221. The van der Waals surface area contributed by atoms with Crippen molar-refractivity contribution in [3.05, 3.63) is 42.5 Å². The van der Waals surface area contributed by atoms with Crippen molar-refractivity contribution in [3.8, 4) is 11.5 Å². The van der Waals surface area contributed by atoms with Crippen LogP contribution in [0.5, 0.6) is 11.5 Å². The first-order valence-corrected chi connectivity index (χ1v) is 5.50. The van der Waals surface area contributed by atoms with Crippen LogP contribution in [-0.4, -0.2) is 24.8 Å². The summed E-state index contributed by atoms with van der Waals surface area (Å²) in [5, 5.41) is 8.55. The van der Waals surface area contributed by atoms with Crippen molar-refractivity contribution in [2.24, 2.45) is 0 Å². The van der Waals surface area contributed by atoms with Crippen LogP contribution in [0.15, 0.2) is 36.9 Å². The van der Waals surface area contributed by atoms with E-state index in [9.17, 15) is 4.79 Å². The van der Waals surface area contributed by atoms with Crippen LogP contribution in [0.2, 0.25) is 0 Å². The normalized spacial score (nSPS) is 10.3. The molecule has 0 amide bonds. The van der Waals surface area contributed by atoms with E-state index in [-0.39, 0.29) is 0 Å². The van der Waals surface area contributed by atoms with Crippen LogP contribution in [0.4, 0.5) is 0 Å². The van der Waals surface area contributed by atoms with Gasteiger partial charge in [0.15, 0.2) is 11.5 Å². The predicted octanol–water partition coefficient (Wildman–Crippen LogP) is 2.75. The van der Waals surface area contributed by atoms with E-state index < -0.39 is 5.97 Å². The maximum Gasteiger partial charge on any atom is 0.328 e. The number of hydrogen-bond acceptors (Lipinski definition) is 3. The number of hydrogen-bond donors (Lipinski definition) is 1. The maximum atomic E-state index is 10.4. The Balaban J connectivity index is 2.82. The third kappa shape index (κ3) is 4.33. The predicted molar refractivity (Wildman–Crippen MR) is 70.0 cm³/mol. The minimum absolute atomic E-state index is 0.532. The number of carboxylic acids is 1. The summed E-state index contributed by atoms with van der Waals surface area (Å²) >= 11 is 0. The van der Waals surface area contributed by atoms with Gasteiger partial charge < -0.3 is 14.6 Å². The second-order valence-electron chi connectivity index (χ2n) is 3.51. The molecule has 0 aliphatic heterocycles. The van der Waals surface area contributed by atoms with E-state index in [0.29, 0.717) is 18.1 Å². The number of rotatable bonds is 7. The highest BCUT2D eigenvalue weighted by atomic mass is 16.5. The summed E-state index contributed by atoms with van der Waals surface area (Å²) in [6, 6.07) is 5.25. The summed E-state index contributed by atoms with van der Waals surface area (Å²) in [6.45, 7) is 4.15. The molecule has 0 aliphatic carbocycles. The molecule has 0 aromatic heterocycles. The van der Waals surface area contributed by atoms with Crippen LogP contribution >= 0.6 is 0 Å². The van der Waals surface area contributed by atoms with Gasteiger partial charge in [-0.15, -0.1) is 6.58 Å². The van der Waals surface area contributed by atoms with Crippen molar-refractivity contribution in [2.75, 3.05) is 13.7 Å². The van der Waals surface area contributed by atoms with Gasteiger partial charge in [-0.05, 0) is 30.2 Å². The lowest BCUT2D eigenvalue weighted by atomic mass is 10.2. The molecule has 0 fully saturated rings. The van der Waals surface area contributed by atoms with E-state index in [2.05, 4.69) is 6.58 Å². The number of carbonyl (C=O) groups is 1. The highest BCUT2D eigenvalue weighted by molar-refractivity contribution is 5.85. The highest BCUT2D eigenvalue weighted by Gasteiger charge is 2.04. The Bertz CT molecular complexity index is 449. The van der Waals surface area contributed by atoms with Gasteiger partial charge in [0.05, 0.1) is 13.7 Å². The van der Waals surface area contributed by atoms with Crippen LogP contribution in [0.25, 0.3) is 6.08 Å². The lowest BCUT2D eigenvalue weighted by molar-refractivity contribution is -0.131. The van der Waals surface area contributed by atoms with Crippen LogP contribution < -0.4 is 9.47 Å². The van der Waals surface area contributed by atoms with Gasteiger partial charge in [-0.3, -0.25) is 0 Å². The van der Waals surface area contributed by atoms with E-state index in [1.54, 1.807) is 31.4 Å². The maximum absolute atomic E-state index is 10.4. The van der Waals surface area contributed by atoms with E-state index in [1.165, 1.54) is 6.08 Å². The molecule has 96 valence electrons. The quantitative estimate of drug-likeness (QED) is 0.458. The average Bonchev–Trinajstić information content (AvgIpc) is 2.37. The van der Waals surface area contributed by atoms with Crippen molar-refractivity contribution in [1.82, 2.24) is 0 Å². The first kappa shape index (κ1) is 13.8. The minimum atomic E-state index is -0.986. The number of ether oxygens (including phenoxy) is 2. The number of carboxylic acid groups (broad SMARTS) is 1. The lowest BCUT2D eigenvalue weighted by Crippen LogP contribution is -1.98. The summed E-state index contributed by atoms with van der Waals surface area (Å²) < 4.78 is 10.7. The summed E-state index contributed by atoms with van der Waals surface area (Å²) in [4.78, 5) is 10.4. The molecule has 1 aromatic rings. The van der Waals surface area contributed by atoms with Crippen molar-refractivity contribution in [2.45, 2.75) is 6.42 Å². The van der Waals surface area contributed by atoms with Crippen molar-refractivity contribution >= 4 is 12.0 Å². The lowest BCUT2D eigenvalue weighted by Gasteiger charge is -2.10. The van der Waals surface area contributed by atoms with Crippen molar-refractivity contribution in [1.29, 1.82) is 0 Å². The fourth-order valence-electron chi connectivity index (χ4n) is 1.33. The molecule has 0 saturated carbocycles.